The van der Waals surface area contributed by atoms with Crippen molar-refractivity contribution in [3.8, 4) is 5.69 Å². The van der Waals surface area contributed by atoms with Crippen molar-refractivity contribution in [1.82, 2.24) is 30.0 Å². The molecule has 36 heavy (non-hydrogen) atoms. The molecule has 190 valence electrons. The summed E-state index contributed by atoms with van der Waals surface area (Å²) in [6, 6.07) is 9.58. The van der Waals surface area contributed by atoms with Crippen LogP contribution in [0.25, 0.3) is 5.69 Å². The van der Waals surface area contributed by atoms with Gasteiger partial charge in [0.1, 0.15) is 6.04 Å². The number of amides is 2. The van der Waals surface area contributed by atoms with Crippen molar-refractivity contribution in [3.05, 3.63) is 30.3 Å². The van der Waals surface area contributed by atoms with Crippen LogP contribution >= 0.6 is 0 Å². The molecule has 0 radical (unpaired) electrons. The molecule has 2 amide bonds. The molecule has 1 aromatic heterocycles. The molecule has 8 rings (SSSR count). The fourth-order valence-corrected chi connectivity index (χ4v) is 8.40. The minimum absolute atomic E-state index is 0.132. The Balaban J connectivity index is 1.02. The maximum Gasteiger partial charge on any atom is 0.250 e. The highest BCUT2D eigenvalue weighted by atomic mass is 16.2. The first kappa shape index (κ1) is 22.2. The van der Waals surface area contributed by atoms with E-state index in [1.807, 2.05) is 40.1 Å². The molecule has 2 aliphatic heterocycles. The molecule has 2 aromatic rings. The molecule has 4 bridgehead atoms. The average Bonchev–Trinajstić information content (AvgIpc) is 3.58. The monoisotopic (exact) mass is 489 g/mol. The Morgan fingerprint density at radius 3 is 2.19 bits per heavy atom. The summed E-state index contributed by atoms with van der Waals surface area (Å²) in [6.45, 7) is 3.33. The van der Waals surface area contributed by atoms with E-state index in [4.69, 9.17) is 0 Å². The van der Waals surface area contributed by atoms with Crippen molar-refractivity contribution < 1.29 is 9.59 Å². The van der Waals surface area contributed by atoms with Gasteiger partial charge < -0.3 is 14.7 Å². The molecule has 0 spiro atoms. The molecule has 6 aliphatic rings. The van der Waals surface area contributed by atoms with Gasteiger partial charge in [0, 0.05) is 32.7 Å². The third-order valence-corrected chi connectivity index (χ3v) is 9.62. The van der Waals surface area contributed by atoms with Crippen molar-refractivity contribution in [3.63, 3.8) is 0 Å². The van der Waals surface area contributed by atoms with Crippen LogP contribution in [-0.2, 0) is 9.59 Å². The number of benzene rings is 1. The second-order valence-corrected chi connectivity index (χ2v) is 11.9. The second-order valence-electron chi connectivity index (χ2n) is 11.9. The van der Waals surface area contributed by atoms with E-state index in [0.29, 0.717) is 38.0 Å². The zero-order valence-electron chi connectivity index (χ0n) is 20.8. The number of rotatable bonds is 4. The van der Waals surface area contributed by atoms with Crippen LogP contribution in [0.1, 0.15) is 51.4 Å². The fourth-order valence-electron chi connectivity index (χ4n) is 8.40. The van der Waals surface area contributed by atoms with Gasteiger partial charge in [-0.05, 0) is 91.7 Å². The molecule has 9 nitrogen and oxygen atoms in total. The van der Waals surface area contributed by atoms with Crippen LogP contribution < -0.4 is 4.90 Å². The lowest BCUT2D eigenvalue weighted by Crippen LogP contribution is -2.59. The minimum Gasteiger partial charge on any atom is -0.337 e. The Morgan fingerprint density at radius 1 is 0.861 bits per heavy atom. The SMILES string of the molecule is O=C(C1CCCN1C(=O)C12CC3CC(CC(C3)C1)C2)N1CCN(c2nnnn2-c2ccccc2)CC1. The van der Waals surface area contributed by atoms with E-state index in [-0.39, 0.29) is 17.4 Å². The van der Waals surface area contributed by atoms with Crippen molar-refractivity contribution in [2.24, 2.45) is 23.2 Å². The molecular formula is C27H35N7O2. The van der Waals surface area contributed by atoms with Crippen molar-refractivity contribution in [1.29, 1.82) is 0 Å². The lowest BCUT2D eigenvalue weighted by Gasteiger charge is -2.56. The molecule has 1 aromatic carbocycles. The normalized spacial score (nSPS) is 33.4. The highest BCUT2D eigenvalue weighted by Gasteiger charge is 2.57. The van der Waals surface area contributed by atoms with Gasteiger partial charge in [0.25, 0.3) is 0 Å². The van der Waals surface area contributed by atoms with E-state index in [0.717, 1.165) is 62.1 Å². The number of carbonyl (C=O) groups excluding carboxylic acids is 2. The van der Waals surface area contributed by atoms with E-state index in [2.05, 4.69) is 20.4 Å². The fraction of sp³-hybridized carbons (Fsp3) is 0.667. The molecule has 1 unspecified atom stereocenters. The number of piperazine rings is 1. The average molecular weight is 490 g/mol. The summed E-state index contributed by atoms with van der Waals surface area (Å²) in [6.07, 6.45) is 8.88. The molecule has 1 atom stereocenters. The zero-order valence-corrected chi connectivity index (χ0v) is 20.8. The quantitative estimate of drug-likeness (QED) is 0.656. The van der Waals surface area contributed by atoms with Crippen LogP contribution in [0.4, 0.5) is 5.95 Å². The summed E-state index contributed by atoms with van der Waals surface area (Å²) < 4.78 is 1.75. The smallest absolute Gasteiger partial charge is 0.250 e. The van der Waals surface area contributed by atoms with E-state index in [9.17, 15) is 9.59 Å². The molecule has 3 heterocycles. The molecule has 0 N–H and O–H groups in total. The van der Waals surface area contributed by atoms with Crippen LogP contribution in [0.2, 0.25) is 0 Å². The third kappa shape index (κ3) is 3.61. The molecule has 2 saturated heterocycles. The van der Waals surface area contributed by atoms with Crippen LogP contribution in [0, 0.1) is 23.2 Å². The van der Waals surface area contributed by atoms with Crippen LogP contribution in [0.5, 0.6) is 0 Å². The summed E-state index contributed by atoms with van der Waals surface area (Å²) >= 11 is 0. The molecular weight excluding hydrogens is 454 g/mol. The van der Waals surface area contributed by atoms with E-state index >= 15 is 0 Å². The van der Waals surface area contributed by atoms with E-state index < -0.39 is 0 Å². The first-order chi connectivity index (χ1) is 17.6. The highest BCUT2D eigenvalue weighted by Crippen LogP contribution is 2.60. The van der Waals surface area contributed by atoms with Crippen molar-refractivity contribution in [2.75, 3.05) is 37.6 Å². The molecule has 4 saturated carbocycles. The predicted octanol–water partition coefficient (Wildman–Crippen LogP) is 2.52. The van der Waals surface area contributed by atoms with Crippen LogP contribution in [0.15, 0.2) is 30.3 Å². The van der Waals surface area contributed by atoms with Crippen molar-refractivity contribution >= 4 is 17.8 Å². The Morgan fingerprint density at radius 2 is 1.53 bits per heavy atom. The standard InChI is InChI=1S/C27H35N7O2/c35-24(31-9-11-32(12-10-31)26-28-29-30-34(26)22-5-2-1-3-6-22)23-7-4-8-33(23)25(36)27-16-19-13-20(17-27)15-21(14-19)18-27/h1-3,5-6,19-21,23H,4,7-18H2. The van der Waals surface area contributed by atoms with Gasteiger partial charge in [-0.15, -0.1) is 0 Å². The number of para-hydroxylation sites is 1. The number of nitrogens with zero attached hydrogens (tertiary/aromatic N) is 7. The maximum absolute atomic E-state index is 14.0. The van der Waals surface area contributed by atoms with E-state index in [1.165, 1.54) is 19.3 Å². The van der Waals surface area contributed by atoms with Gasteiger partial charge in [-0.2, -0.15) is 4.68 Å². The summed E-state index contributed by atoms with van der Waals surface area (Å²) in [5.74, 6) is 3.34. The summed E-state index contributed by atoms with van der Waals surface area (Å²) in [5, 5.41) is 12.3. The van der Waals surface area contributed by atoms with Gasteiger partial charge in [0.05, 0.1) is 11.1 Å². The van der Waals surface area contributed by atoms with Gasteiger partial charge in [0.15, 0.2) is 0 Å². The zero-order chi connectivity index (χ0) is 24.3. The molecule has 6 fully saturated rings. The van der Waals surface area contributed by atoms with Gasteiger partial charge >= 0.3 is 0 Å². The number of carbonyl (C=O) groups is 2. The largest absolute Gasteiger partial charge is 0.337 e. The van der Waals surface area contributed by atoms with Gasteiger partial charge in [-0.1, -0.05) is 23.3 Å². The Hall–Kier alpha value is -2.97. The van der Waals surface area contributed by atoms with Crippen LogP contribution in [-0.4, -0.2) is 80.6 Å². The van der Waals surface area contributed by atoms with Gasteiger partial charge in [-0.25, -0.2) is 0 Å². The number of anilines is 1. The van der Waals surface area contributed by atoms with E-state index in [1.54, 1.807) is 4.68 Å². The summed E-state index contributed by atoms with van der Waals surface area (Å²) in [7, 11) is 0. The predicted molar refractivity (Wildman–Crippen MR) is 133 cm³/mol. The number of likely N-dealkylation sites (tertiary alicyclic amines) is 1. The number of hydrogen-bond donors (Lipinski definition) is 0. The summed E-state index contributed by atoms with van der Waals surface area (Å²) in [5.41, 5.74) is 0.742. The molecule has 9 heteroatoms. The second kappa shape index (κ2) is 8.56. The Kier molecular flexibility index (Phi) is 5.29. The number of tetrazole rings is 1. The van der Waals surface area contributed by atoms with Gasteiger partial charge in [-0.3, -0.25) is 9.59 Å². The first-order valence-corrected chi connectivity index (χ1v) is 13.8. The maximum atomic E-state index is 14.0. The first-order valence-electron chi connectivity index (χ1n) is 13.8. The van der Waals surface area contributed by atoms with Crippen molar-refractivity contribution in [2.45, 2.75) is 57.4 Å². The summed E-state index contributed by atoms with van der Waals surface area (Å²) in [4.78, 5) is 33.8. The lowest BCUT2D eigenvalue weighted by atomic mass is 9.49. The Labute approximate surface area is 211 Å². The Bertz CT molecular complexity index is 1100. The highest BCUT2D eigenvalue weighted by molar-refractivity contribution is 5.91. The number of hydrogen-bond acceptors (Lipinski definition) is 6. The van der Waals surface area contributed by atoms with Gasteiger partial charge in [0.2, 0.25) is 17.8 Å². The number of aromatic nitrogens is 4. The topological polar surface area (TPSA) is 87.5 Å². The van der Waals surface area contributed by atoms with Crippen LogP contribution in [0.3, 0.4) is 0 Å². The third-order valence-electron chi connectivity index (χ3n) is 9.62. The lowest BCUT2D eigenvalue weighted by molar-refractivity contribution is -0.162. The minimum atomic E-state index is -0.285. The molecule has 4 aliphatic carbocycles.